The highest BCUT2D eigenvalue weighted by Crippen LogP contribution is 2.53. The molecule has 4 nitrogen and oxygen atoms in total. The average Bonchev–Trinajstić information content (AvgIpc) is 2.56. The van der Waals surface area contributed by atoms with E-state index in [1.54, 1.807) is 0 Å². The van der Waals surface area contributed by atoms with Crippen LogP contribution in [0.4, 0.5) is 4.39 Å². The minimum atomic E-state index is -0.362. The Kier molecular flexibility index (Phi) is 4.16. The number of thiocarbonyl (C=S) groups is 1. The van der Waals surface area contributed by atoms with Crippen LogP contribution >= 0.6 is 12.2 Å². The fourth-order valence-electron chi connectivity index (χ4n) is 5.14. The second-order valence-electron chi connectivity index (χ2n) is 7.52. The third kappa shape index (κ3) is 3.11. The number of amides is 1. The van der Waals surface area contributed by atoms with Crippen LogP contribution in [0.25, 0.3) is 0 Å². The van der Waals surface area contributed by atoms with E-state index in [0.29, 0.717) is 28.6 Å². The van der Waals surface area contributed by atoms with Gasteiger partial charge in [0.05, 0.1) is 0 Å². The van der Waals surface area contributed by atoms with E-state index in [-0.39, 0.29) is 11.7 Å². The smallest absolute Gasteiger partial charge is 0.269 e. The zero-order valence-corrected chi connectivity index (χ0v) is 14.2. The molecule has 5 rings (SSSR count). The number of carbonyl (C=O) groups excluding carboxylic acids is 1. The minimum Gasteiger partial charge on any atom is -0.358 e. The maximum absolute atomic E-state index is 12.9. The van der Waals surface area contributed by atoms with Crippen LogP contribution in [0.1, 0.15) is 42.5 Å². The van der Waals surface area contributed by atoms with Crippen LogP contribution < -0.4 is 16.2 Å². The number of rotatable bonds is 2. The molecule has 3 N–H and O–H groups in total. The third-order valence-electron chi connectivity index (χ3n) is 5.92. The molecule has 6 heteroatoms. The first-order valence-electron chi connectivity index (χ1n) is 8.71. The highest BCUT2D eigenvalue weighted by Gasteiger charge is 2.48. The van der Waals surface area contributed by atoms with Crippen LogP contribution in [0.5, 0.6) is 0 Å². The first-order chi connectivity index (χ1) is 11.6. The van der Waals surface area contributed by atoms with Crippen molar-refractivity contribution in [1.29, 1.82) is 0 Å². The first-order valence-corrected chi connectivity index (χ1v) is 9.11. The van der Waals surface area contributed by atoms with Crippen molar-refractivity contribution in [2.45, 2.75) is 38.1 Å². The SMILES string of the molecule is O=C(NNC(=S)NC1C2CC3CC(C2)CC1C3)c1ccc(F)cc1. The monoisotopic (exact) mass is 347 g/mol. The van der Waals surface area contributed by atoms with Crippen LogP contribution in [-0.4, -0.2) is 17.1 Å². The summed E-state index contributed by atoms with van der Waals surface area (Å²) in [5, 5.41) is 3.88. The third-order valence-corrected chi connectivity index (χ3v) is 6.14. The van der Waals surface area contributed by atoms with Crippen molar-refractivity contribution in [2.24, 2.45) is 23.7 Å². The molecule has 4 bridgehead atoms. The van der Waals surface area contributed by atoms with E-state index in [1.165, 1.54) is 56.4 Å². The summed E-state index contributed by atoms with van der Waals surface area (Å²) in [5.74, 6) is 2.58. The standard InChI is InChI=1S/C18H22FN3OS/c19-15-3-1-12(2-4-15)17(23)21-22-18(24)20-16-13-6-10-5-11(8-13)9-14(16)7-10/h1-4,10-11,13-14,16H,5-9H2,(H,21,23)(H2,20,22,24). The molecule has 1 aromatic rings. The fraction of sp³-hybridized carbons (Fsp3) is 0.556. The Morgan fingerprint density at radius 1 is 0.958 bits per heavy atom. The van der Waals surface area contributed by atoms with Gasteiger partial charge in [-0.25, -0.2) is 4.39 Å². The highest BCUT2D eigenvalue weighted by atomic mass is 32.1. The summed E-state index contributed by atoms with van der Waals surface area (Å²) in [4.78, 5) is 12.0. The Bertz CT molecular complexity index is 620. The molecule has 128 valence electrons. The molecule has 0 unspecified atom stereocenters. The number of halogens is 1. The van der Waals surface area contributed by atoms with E-state index in [9.17, 15) is 9.18 Å². The number of benzene rings is 1. The zero-order chi connectivity index (χ0) is 16.7. The lowest BCUT2D eigenvalue weighted by molar-refractivity contribution is -0.00699. The van der Waals surface area contributed by atoms with Gasteiger partial charge in [-0.05, 0) is 92.3 Å². The Morgan fingerprint density at radius 3 is 2.12 bits per heavy atom. The predicted octanol–water partition coefficient (Wildman–Crippen LogP) is 2.76. The van der Waals surface area contributed by atoms with Crippen molar-refractivity contribution in [2.75, 3.05) is 0 Å². The molecule has 0 heterocycles. The van der Waals surface area contributed by atoms with Crippen molar-refractivity contribution in [1.82, 2.24) is 16.2 Å². The van der Waals surface area contributed by atoms with Gasteiger partial charge >= 0.3 is 0 Å². The molecule has 0 aliphatic heterocycles. The number of nitrogens with one attached hydrogen (secondary N) is 3. The van der Waals surface area contributed by atoms with Crippen LogP contribution in [0, 0.1) is 29.5 Å². The summed E-state index contributed by atoms with van der Waals surface area (Å²) in [7, 11) is 0. The van der Waals surface area contributed by atoms with Gasteiger partial charge in [0, 0.05) is 11.6 Å². The maximum Gasteiger partial charge on any atom is 0.269 e. The summed E-state index contributed by atoms with van der Waals surface area (Å²) in [6, 6.07) is 5.85. The summed E-state index contributed by atoms with van der Waals surface area (Å²) < 4.78 is 12.9. The van der Waals surface area contributed by atoms with Crippen LogP contribution in [0.15, 0.2) is 24.3 Å². The van der Waals surface area contributed by atoms with Gasteiger partial charge in [-0.1, -0.05) is 0 Å². The first kappa shape index (κ1) is 15.8. The molecule has 0 atom stereocenters. The van der Waals surface area contributed by atoms with Gasteiger partial charge < -0.3 is 5.32 Å². The second-order valence-corrected chi connectivity index (χ2v) is 7.92. The molecule has 4 aliphatic rings. The minimum absolute atomic E-state index is 0.329. The van der Waals surface area contributed by atoms with E-state index in [2.05, 4.69) is 16.2 Å². The summed E-state index contributed by atoms with van der Waals surface area (Å²) in [6.07, 6.45) is 6.69. The number of hydrogen-bond donors (Lipinski definition) is 3. The van der Waals surface area contributed by atoms with E-state index in [4.69, 9.17) is 12.2 Å². The average molecular weight is 347 g/mol. The fourth-order valence-corrected chi connectivity index (χ4v) is 5.32. The maximum atomic E-state index is 12.9. The van der Waals surface area contributed by atoms with E-state index >= 15 is 0 Å². The van der Waals surface area contributed by atoms with Crippen molar-refractivity contribution in [3.63, 3.8) is 0 Å². The van der Waals surface area contributed by atoms with Gasteiger partial charge in [-0.15, -0.1) is 0 Å². The Morgan fingerprint density at radius 2 is 1.54 bits per heavy atom. The molecule has 0 spiro atoms. The van der Waals surface area contributed by atoms with Crippen LogP contribution in [0.2, 0.25) is 0 Å². The van der Waals surface area contributed by atoms with Gasteiger partial charge in [0.2, 0.25) is 0 Å². The van der Waals surface area contributed by atoms with Gasteiger partial charge in [0.15, 0.2) is 5.11 Å². The van der Waals surface area contributed by atoms with Crippen molar-refractivity contribution in [3.05, 3.63) is 35.6 Å². The highest BCUT2D eigenvalue weighted by molar-refractivity contribution is 7.80. The molecular formula is C18H22FN3OS. The van der Waals surface area contributed by atoms with E-state index in [1.807, 2.05) is 0 Å². The molecule has 0 radical (unpaired) electrons. The lowest BCUT2D eigenvalue weighted by Gasteiger charge is -2.54. The molecule has 1 aromatic carbocycles. The van der Waals surface area contributed by atoms with Gasteiger partial charge in [-0.3, -0.25) is 15.6 Å². The Hall–Kier alpha value is -1.69. The molecule has 0 saturated heterocycles. The number of hydrogen-bond acceptors (Lipinski definition) is 2. The van der Waals surface area contributed by atoms with E-state index < -0.39 is 0 Å². The quantitative estimate of drug-likeness (QED) is 0.569. The van der Waals surface area contributed by atoms with Crippen LogP contribution in [-0.2, 0) is 0 Å². The molecule has 4 saturated carbocycles. The molecule has 0 aromatic heterocycles. The van der Waals surface area contributed by atoms with Crippen molar-refractivity contribution >= 4 is 23.2 Å². The van der Waals surface area contributed by atoms with Gasteiger partial charge in [0.1, 0.15) is 5.82 Å². The summed E-state index contributed by atoms with van der Waals surface area (Å²) in [6.45, 7) is 0. The van der Waals surface area contributed by atoms with Gasteiger partial charge in [0.25, 0.3) is 5.91 Å². The van der Waals surface area contributed by atoms with Crippen molar-refractivity contribution in [3.8, 4) is 0 Å². The second kappa shape index (κ2) is 6.31. The van der Waals surface area contributed by atoms with Crippen LogP contribution in [0.3, 0.4) is 0 Å². The lowest BCUT2D eigenvalue weighted by Crippen LogP contribution is -2.59. The zero-order valence-electron chi connectivity index (χ0n) is 13.4. The number of carbonyl (C=O) groups is 1. The Labute approximate surface area is 146 Å². The molecular weight excluding hydrogens is 325 g/mol. The molecule has 4 fully saturated rings. The molecule has 1 amide bonds. The largest absolute Gasteiger partial charge is 0.358 e. The van der Waals surface area contributed by atoms with Crippen molar-refractivity contribution < 1.29 is 9.18 Å². The predicted molar refractivity (Wildman–Crippen MR) is 93.6 cm³/mol. The van der Waals surface area contributed by atoms with Gasteiger partial charge in [-0.2, -0.15) is 0 Å². The normalized spacial score (nSPS) is 33.1. The lowest BCUT2D eigenvalue weighted by atomic mass is 9.54. The molecule has 4 aliphatic carbocycles. The number of hydrazine groups is 1. The topological polar surface area (TPSA) is 53.2 Å². The summed E-state index contributed by atoms with van der Waals surface area (Å²) in [5.41, 5.74) is 5.75. The van der Waals surface area contributed by atoms with E-state index in [0.717, 1.165) is 11.8 Å². The summed E-state index contributed by atoms with van der Waals surface area (Å²) >= 11 is 5.35. The molecule has 24 heavy (non-hydrogen) atoms. The Balaban J connectivity index is 1.29.